The third-order valence-electron chi connectivity index (χ3n) is 3.96. The molecule has 128 valence electrons. The summed E-state index contributed by atoms with van der Waals surface area (Å²) in [4.78, 5) is 15.2. The maximum absolute atomic E-state index is 13.6. The van der Waals surface area contributed by atoms with Crippen LogP contribution in [0, 0.1) is 0 Å². The fourth-order valence-electron chi connectivity index (χ4n) is 2.71. The van der Waals surface area contributed by atoms with Crippen molar-refractivity contribution in [2.75, 3.05) is 13.2 Å². The first-order valence-electron chi connectivity index (χ1n) is 7.98. The first kappa shape index (κ1) is 17.0. The number of halogens is 2. The van der Waals surface area contributed by atoms with E-state index in [9.17, 15) is 8.78 Å². The maximum Gasteiger partial charge on any atom is 0.178 e. The van der Waals surface area contributed by atoms with E-state index in [0.717, 1.165) is 23.0 Å². The van der Waals surface area contributed by atoms with Gasteiger partial charge in [0, 0.05) is 43.2 Å². The van der Waals surface area contributed by atoms with Gasteiger partial charge in [0.15, 0.2) is 5.82 Å². The van der Waals surface area contributed by atoms with Crippen LogP contribution in [0.25, 0.3) is 11.5 Å². The highest BCUT2D eigenvalue weighted by Gasteiger charge is 2.20. The van der Waals surface area contributed by atoms with Crippen LogP contribution in [0.3, 0.4) is 0 Å². The molecule has 0 bridgehead atoms. The number of hydrogen-bond acceptors (Lipinski definition) is 4. The molecule has 0 aliphatic carbocycles. The molecule has 0 fully saturated rings. The number of allylic oxidation sites excluding steroid dienone is 4. The fraction of sp³-hybridized carbons (Fsp3) is 0.211. The molecule has 25 heavy (non-hydrogen) atoms. The van der Waals surface area contributed by atoms with E-state index in [-0.39, 0.29) is 0 Å². The zero-order valence-electron chi connectivity index (χ0n) is 13.7. The molecule has 0 N–H and O–H groups in total. The van der Waals surface area contributed by atoms with Crippen molar-refractivity contribution in [2.24, 2.45) is 0 Å². The Labute approximate surface area is 145 Å². The van der Waals surface area contributed by atoms with Crippen molar-refractivity contribution in [2.45, 2.75) is 13.0 Å². The molecule has 1 aliphatic rings. The van der Waals surface area contributed by atoms with E-state index < -0.39 is 12.5 Å². The SMILES string of the molecule is C=C/C(=C\C(F)=C/CF)N1CCc2nc(-c3ccccn3)ncc2C1. The van der Waals surface area contributed by atoms with Gasteiger partial charge in [-0.1, -0.05) is 12.6 Å². The van der Waals surface area contributed by atoms with Gasteiger partial charge in [-0.3, -0.25) is 4.98 Å². The molecule has 0 atom stereocenters. The van der Waals surface area contributed by atoms with Gasteiger partial charge in [-0.25, -0.2) is 18.7 Å². The van der Waals surface area contributed by atoms with Gasteiger partial charge in [0.05, 0.1) is 5.69 Å². The zero-order chi connectivity index (χ0) is 17.6. The largest absolute Gasteiger partial charge is 0.367 e. The van der Waals surface area contributed by atoms with Crippen molar-refractivity contribution in [1.82, 2.24) is 19.9 Å². The van der Waals surface area contributed by atoms with E-state index in [0.29, 0.717) is 31.0 Å². The van der Waals surface area contributed by atoms with Crippen molar-refractivity contribution in [3.63, 3.8) is 0 Å². The monoisotopic (exact) mass is 340 g/mol. The third-order valence-corrected chi connectivity index (χ3v) is 3.96. The molecular weight excluding hydrogens is 322 g/mol. The second-order valence-corrected chi connectivity index (χ2v) is 5.57. The number of fused-ring (bicyclic) bond motifs is 1. The van der Waals surface area contributed by atoms with Crippen LogP contribution in [0.15, 0.2) is 66.9 Å². The molecule has 6 heteroatoms. The standard InChI is InChI=1S/C19H18F2N4/c1-2-16(11-15(21)6-8-20)25-10-7-17-14(13-25)12-23-19(24-17)18-5-3-4-9-22-18/h2-6,9,11-12H,1,7-8,10,13H2/b15-6+,16-11+. The lowest BCUT2D eigenvalue weighted by molar-refractivity contribution is 0.327. The van der Waals surface area contributed by atoms with Gasteiger partial charge in [0.1, 0.15) is 18.2 Å². The van der Waals surface area contributed by atoms with Gasteiger partial charge < -0.3 is 4.90 Å². The lowest BCUT2D eigenvalue weighted by Gasteiger charge is -2.30. The van der Waals surface area contributed by atoms with Crippen LogP contribution in [0.1, 0.15) is 11.3 Å². The Morgan fingerprint density at radius 1 is 1.32 bits per heavy atom. The summed E-state index contributed by atoms with van der Waals surface area (Å²) in [5, 5.41) is 0. The summed E-state index contributed by atoms with van der Waals surface area (Å²) in [6.45, 7) is 4.12. The Morgan fingerprint density at radius 3 is 2.92 bits per heavy atom. The Kier molecular flexibility index (Phi) is 5.28. The molecule has 3 rings (SSSR count). The van der Waals surface area contributed by atoms with Crippen LogP contribution in [0.2, 0.25) is 0 Å². The Bertz CT molecular complexity index is 815. The Morgan fingerprint density at radius 2 is 2.20 bits per heavy atom. The second kappa shape index (κ2) is 7.79. The van der Waals surface area contributed by atoms with Gasteiger partial charge in [0.2, 0.25) is 0 Å². The molecule has 0 spiro atoms. The minimum atomic E-state index is -0.834. The zero-order valence-corrected chi connectivity index (χ0v) is 13.7. The van der Waals surface area contributed by atoms with Crippen LogP contribution >= 0.6 is 0 Å². The summed E-state index contributed by atoms with van der Waals surface area (Å²) < 4.78 is 25.8. The molecule has 0 radical (unpaired) electrons. The number of hydrogen-bond donors (Lipinski definition) is 0. The third kappa shape index (κ3) is 3.96. The molecule has 2 aromatic heterocycles. The molecule has 4 nitrogen and oxygen atoms in total. The molecule has 3 heterocycles. The van der Waals surface area contributed by atoms with Gasteiger partial charge in [-0.2, -0.15) is 0 Å². The molecule has 0 amide bonds. The second-order valence-electron chi connectivity index (χ2n) is 5.57. The first-order valence-corrected chi connectivity index (χ1v) is 7.98. The lowest BCUT2D eigenvalue weighted by Crippen LogP contribution is -2.30. The quantitative estimate of drug-likeness (QED) is 0.777. The summed E-state index contributed by atoms with van der Waals surface area (Å²) in [6.07, 6.45) is 7.95. The summed E-state index contributed by atoms with van der Waals surface area (Å²) in [6, 6.07) is 5.61. The van der Waals surface area contributed by atoms with Crippen LogP contribution in [0.4, 0.5) is 8.78 Å². The van der Waals surface area contributed by atoms with Crippen LogP contribution in [-0.2, 0) is 13.0 Å². The highest BCUT2D eigenvalue weighted by molar-refractivity contribution is 5.49. The molecular formula is C19H18F2N4. The first-order chi connectivity index (χ1) is 12.2. The number of aromatic nitrogens is 3. The van der Waals surface area contributed by atoms with E-state index in [4.69, 9.17) is 0 Å². The highest BCUT2D eigenvalue weighted by Crippen LogP contribution is 2.23. The van der Waals surface area contributed by atoms with Crippen molar-refractivity contribution in [3.8, 4) is 11.5 Å². The average molecular weight is 340 g/mol. The van der Waals surface area contributed by atoms with E-state index >= 15 is 0 Å². The van der Waals surface area contributed by atoms with Crippen molar-refractivity contribution in [3.05, 3.63) is 78.2 Å². The summed E-state index contributed by atoms with van der Waals surface area (Å²) >= 11 is 0. The van der Waals surface area contributed by atoms with Gasteiger partial charge in [-0.05, 0) is 30.4 Å². The average Bonchev–Trinajstić information content (AvgIpc) is 2.66. The van der Waals surface area contributed by atoms with Gasteiger partial charge in [0.25, 0.3) is 0 Å². The Balaban J connectivity index is 1.82. The molecule has 0 unspecified atom stereocenters. The Hall–Kier alpha value is -2.89. The molecule has 0 aromatic carbocycles. The van der Waals surface area contributed by atoms with Crippen molar-refractivity contribution < 1.29 is 8.78 Å². The predicted octanol–water partition coefficient (Wildman–Crippen LogP) is 3.79. The maximum atomic E-state index is 13.6. The van der Waals surface area contributed by atoms with Crippen LogP contribution < -0.4 is 0 Å². The number of alkyl halides is 1. The summed E-state index contributed by atoms with van der Waals surface area (Å²) in [7, 11) is 0. The predicted molar refractivity (Wildman–Crippen MR) is 92.8 cm³/mol. The molecule has 0 saturated heterocycles. The minimum absolute atomic E-state index is 0.554. The lowest BCUT2D eigenvalue weighted by atomic mass is 10.1. The fourth-order valence-corrected chi connectivity index (χ4v) is 2.71. The van der Waals surface area contributed by atoms with Crippen LogP contribution in [0.5, 0.6) is 0 Å². The smallest absolute Gasteiger partial charge is 0.178 e. The summed E-state index contributed by atoms with van der Waals surface area (Å²) in [5.41, 5.74) is 3.29. The van der Waals surface area contributed by atoms with E-state index in [1.807, 2.05) is 23.1 Å². The molecule has 0 saturated carbocycles. The van der Waals surface area contributed by atoms with Crippen molar-refractivity contribution >= 4 is 0 Å². The van der Waals surface area contributed by atoms with Crippen molar-refractivity contribution in [1.29, 1.82) is 0 Å². The van der Waals surface area contributed by atoms with Gasteiger partial charge in [-0.15, -0.1) is 0 Å². The van der Waals surface area contributed by atoms with Gasteiger partial charge >= 0.3 is 0 Å². The van der Waals surface area contributed by atoms with Crippen LogP contribution in [-0.4, -0.2) is 33.1 Å². The minimum Gasteiger partial charge on any atom is -0.367 e. The molecule has 1 aliphatic heterocycles. The number of nitrogens with zero attached hydrogens (tertiary/aromatic N) is 4. The normalized spacial score (nSPS) is 15.0. The molecule has 2 aromatic rings. The van der Waals surface area contributed by atoms with E-state index in [2.05, 4.69) is 21.5 Å². The van der Waals surface area contributed by atoms with E-state index in [1.54, 1.807) is 18.5 Å². The number of pyridine rings is 1. The summed E-state index contributed by atoms with van der Waals surface area (Å²) in [5.74, 6) is -0.00541. The highest BCUT2D eigenvalue weighted by atomic mass is 19.1. The van der Waals surface area contributed by atoms with E-state index in [1.165, 1.54) is 6.08 Å². The number of rotatable bonds is 5. The topological polar surface area (TPSA) is 41.9 Å².